The lowest BCUT2D eigenvalue weighted by Gasteiger charge is -2.11. The van der Waals surface area contributed by atoms with Gasteiger partial charge in [0.25, 0.3) is 0 Å². The zero-order chi connectivity index (χ0) is 16.1. The highest BCUT2D eigenvalue weighted by atomic mass is 16.5. The van der Waals surface area contributed by atoms with Crippen molar-refractivity contribution in [3.05, 3.63) is 71.8 Å². The maximum Gasteiger partial charge on any atom is 0.335 e. The van der Waals surface area contributed by atoms with Gasteiger partial charge in [0.05, 0.1) is 12.7 Å². The molecule has 2 aromatic rings. The van der Waals surface area contributed by atoms with Gasteiger partial charge in [0.2, 0.25) is 0 Å². The number of hydrogen-bond acceptors (Lipinski definition) is 4. The van der Waals surface area contributed by atoms with Gasteiger partial charge in [-0.1, -0.05) is 18.7 Å². The summed E-state index contributed by atoms with van der Waals surface area (Å²) < 4.78 is 10.3. The van der Waals surface area contributed by atoms with Crippen LogP contribution in [0, 0.1) is 6.92 Å². The van der Waals surface area contributed by atoms with Crippen molar-refractivity contribution < 1.29 is 19.1 Å². The van der Waals surface area contributed by atoms with Gasteiger partial charge < -0.3 is 9.47 Å². The number of methoxy groups -OCH3 is 1. The van der Waals surface area contributed by atoms with Crippen molar-refractivity contribution in [2.24, 2.45) is 0 Å². The molecular weight excluding hydrogens is 280 g/mol. The van der Waals surface area contributed by atoms with Crippen LogP contribution < -0.4 is 9.47 Å². The fraction of sp³-hybridized carbons (Fsp3) is 0.111. The van der Waals surface area contributed by atoms with Crippen molar-refractivity contribution in [1.82, 2.24) is 0 Å². The molecule has 4 heteroatoms. The van der Waals surface area contributed by atoms with Crippen molar-refractivity contribution in [2.45, 2.75) is 6.92 Å². The van der Waals surface area contributed by atoms with E-state index in [0.29, 0.717) is 22.4 Å². The number of ketones is 1. The Morgan fingerprint density at radius 1 is 1.09 bits per heavy atom. The van der Waals surface area contributed by atoms with Crippen LogP contribution >= 0.6 is 0 Å². The number of carbonyl (C=O) groups is 2. The highest BCUT2D eigenvalue weighted by Gasteiger charge is 2.18. The molecule has 0 amide bonds. The number of ether oxygens (including phenoxy) is 2. The van der Waals surface area contributed by atoms with Crippen LogP contribution in [0.15, 0.2) is 55.1 Å². The molecule has 0 bridgehead atoms. The molecule has 0 aliphatic rings. The third-order valence-electron chi connectivity index (χ3n) is 3.18. The average Bonchev–Trinajstić information content (AvgIpc) is 2.56. The lowest BCUT2D eigenvalue weighted by Crippen LogP contribution is -2.10. The van der Waals surface area contributed by atoms with E-state index >= 15 is 0 Å². The Hall–Kier alpha value is -2.88. The minimum Gasteiger partial charge on any atom is -0.497 e. The maximum absolute atomic E-state index is 12.6. The summed E-state index contributed by atoms with van der Waals surface area (Å²) in [6.45, 7) is 5.14. The van der Waals surface area contributed by atoms with Crippen LogP contribution in [0.1, 0.15) is 21.5 Å². The van der Waals surface area contributed by atoms with Gasteiger partial charge in [-0.05, 0) is 42.8 Å². The highest BCUT2D eigenvalue weighted by molar-refractivity contribution is 6.11. The van der Waals surface area contributed by atoms with Crippen LogP contribution in [0.3, 0.4) is 0 Å². The van der Waals surface area contributed by atoms with Gasteiger partial charge in [0, 0.05) is 11.6 Å². The Morgan fingerprint density at radius 3 is 2.36 bits per heavy atom. The first kappa shape index (κ1) is 15.5. The molecule has 4 nitrogen and oxygen atoms in total. The van der Waals surface area contributed by atoms with E-state index in [1.807, 2.05) is 0 Å². The molecule has 0 saturated carbocycles. The molecular formula is C18H16O4. The van der Waals surface area contributed by atoms with E-state index in [1.165, 1.54) is 0 Å². The molecule has 0 aliphatic carbocycles. The number of rotatable bonds is 5. The van der Waals surface area contributed by atoms with Crippen LogP contribution in [0.2, 0.25) is 0 Å². The highest BCUT2D eigenvalue weighted by Crippen LogP contribution is 2.26. The first-order chi connectivity index (χ1) is 10.6. The summed E-state index contributed by atoms with van der Waals surface area (Å²) in [5.41, 5.74) is 1.53. The van der Waals surface area contributed by atoms with Crippen molar-refractivity contribution in [3.63, 3.8) is 0 Å². The van der Waals surface area contributed by atoms with Crippen LogP contribution in [-0.2, 0) is 4.79 Å². The van der Waals surface area contributed by atoms with Gasteiger partial charge in [0.1, 0.15) is 11.5 Å². The number of esters is 1. The molecule has 0 fully saturated rings. The number of aryl methyl sites for hydroxylation is 1. The first-order valence-corrected chi connectivity index (χ1v) is 6.69. The molecule has 0 unspecified atom stereocenters. The molecule has 0 atom stereocenters. The Kier molecular flexibility index (Phi) is 4.73. The predicted octanol–water partition coefficient (Wildman–Crippen LogP) is 3.33. The Morgan fingerprint density at radius 2 is 1.77 bits per heavy atom. The summed E-state index contributed by atoms with van der Waals surface area (Å²) in [5, 5.41) is 0. The van der Waals surface area contributed by atoms with Gasteiger partial charge in [-0.15, -0.1) is 0 Å². The standard InChI is InChI=1S/C18H16O4/c1-4-16(19)22-18-12(2)6-5-7-15(18)17(20)13-8-10-14(21-3)11-9-13/h4-11H,1H2,2-3H3. The van der Waals surface area contributed by atoms with E-state index in [4.69, 9.17) is 9.47 Å². The van der Waals surface area contributed by atoms with Gasteiger partial charge in [0.15, 0.2) is 5.78 Å². The van der Waals surface area contributed by atoms with Crippen LogP contribution in [0.25, 0.3) is 0 Å². The van der Waals surface area contributed by atoms with Gasteiger partial charge in [-0.2, -0.15) is 0 Å². The van der Waals surface area contributed by atoms with E-state index < -0.39 is 5.97 Å². The minimum atomic E-state index is -0.599. The molecule has 0 N–H and O–H groups in total. The van der Waals surface area contributed by atoms with Crippen molar-refractivity contribution in [1.29, 1.82) is 0 Å². The molecule has 2 aromatic carbocycles. The number of para-hydroxylation sites is 1. The van der Waals surface area contributed by atoms with Gasteiger partial charge in [-0.3, -0.25) is 4.79 Å². The fourth-order valence-electron chi connectivity index (χ4n) is 2.01. The second-order valence-corrected chi connectivity index (χ2v) is 4.63. The van der Waals surface area contributed by atoms with Crippen molar-refractivity contribution >= 4 is 11.8 Å². The zero-order valence-electron chi connectivity index (χ0n) is 12.5. The van der Waals surface area contributed by atoms with Crippen LogP contribution in [-0.4, -0.2) is 18.9 Å². The number of carbonyl (C=O) groups excluding carboxylic acids is 2. The van der Waals surface area contributed by atoms with Gasteiger partial charge in [-0.25, -0.2) is 4.79 Å². The van der Waals surface area contributed by atoms with Gasteiger partial charge >= 0.3 is 5.97 Å². The number of benzene rings is 2. The summed E-state index contributed by atoms with van der Waals surface area (Å²) >= 11 is 0. The SMILES string of the molecule is C=CC(=O)Oc1c(C)cccc1C(=O)c1ccc(OC)cc1. The molecule has 0 aromatic heterocycles. The Labute approximate surface area is 129 Å². The fourth-order valence-corrected chi connectivity index (χ4v) is 2.01. The maximum atomic E-state index is 12.6. The van der Waals surface area contributed by atoms with Crippen LogP contribution in [0.4, 0.5) is 0 Å². The van der Waals surface area contributed by atoms with E-state index in [1.54, 1.807) is 56.5 Å². The molecule has 2 rings (SSSR count). The summed E-state index contributed by atoms with van der Waals surface area (Å²) in [6, 6.07) is 11.9. The quantitative estimate of drug-likeness (QED) is 0.367. The van der Waals surface area contributed by atoms with E-state index in [0.717, 1.165) is 6.08 Å². The van der Waals surface area contributed by atoms with E-state index in [2.05, 4.69) is 6.58 Å². The lowest BCUT2D eigenvalue weighted by atomic mass is 10.00. The lowest BCUT2D eigenvalue weighted by molar-refractivity contribution is -0.129. The van der Waals surface area contributed by atoms with Crippen molar-refractivity contribution in [3.8, 4) is 11.5 Å². The molecule has 0 heterocycles. The molecule has 0 radical (unpaired) electrons. The third-order valence-corrected chi connectivity index (χ3v) is 3.18. The summed E-state index contributed by atoms with van der Waals surface area (Å²) in [5.74, 6) is 0.101. The second kappa shape index (κ2) is 6.72. The Bertz CT molecular complexity index is 714. The first-order valence-electron chi connectivity index (χ1n) is 6.69. The predicted molar refractivity (Wildman–Crippen MR) is 83.4 cm³/mol. The average molecular weight is 296 g/mol. The monoisotopic (exact) mass is 296 g/mol. The Balaban J connectivity index is 2.42. The van der Waals surface area contributed by atoms with Crippen molar-refractivity contribution in [2.75, 3.05) is 7.11 Å². The smallest absolute Gasteiger partial charge is 0.335 e. The molecule has 22 heavy (non-hydrogen) atoms. The van der Waals surface area contributed by atoms with Crippen LogP contribution in [0.5, 0.6) is 11.5 Å². The third kappa shape index (κ3) is 3.23. The van der Waals surface area contributed by atoms with E-state index in [9.17, 15) is 9.59 Å². The topological polar surface area (TPSA) is 52.6 Å². The molecule has 112 valence electrons. The largest absolute Gasteiger partial charge is 0.497 e. The summed E-state index contributed by atoms with van der Waals surface area (Å²) in [6.07, 6.45) is 1.06. The zero-order valence-corrected chi connectivity index (χ0v) is 12.5. The minimum absolute atomic E-state index is 0.224. The summed E-state index contributed by atoms with van der Waals surface area (Å²) in [7, 11) is 1.56. The molecule has 0 saturated heterocycles. The molecule has 0 spiro atoms. The second-order valence-electron chi connectivity index (χ2n) is 4.63. The number of hydrogen-bond donors (Lipinski definition) is 0. The van der Waals surface area contributed by atoms with E-state index in [-0.39, 0.29) is 11.5 Å². The normalized spacial score (nSPS) is 9.91. The summed E-state index contributed by atoms with van der Waals surface area (Å²) in [4.78, 5) is 24.1. The molecule has 0 aliphatic heterocycles.